The third-order valence-corrected chi connectivity index (χ3v) is 4.69. The SMILES string of the molecule is CCOc1cc(NC2CSc3ccccc32)ccc1OC. The molecule has 0 radical (unpaired) electrons. The number of anilines is 1. The number of fused-ring (bicyclic) bond motifs is 1. The number of rotatable bonds is 5. The molecule has 21 heavy (non-hydrogen) atoms. The standard InChI is InChI=1S/C17H19NO2S/c1-3-20-16-10-12(8-9-15(16)19-2)18-14-11-21-17-7-5-4-6-13(14)17/h4-10,14,18H,3,11H2,1-2H3. The Morgan fingerprint density at radius 2 is 2.05 bits per heavy atom. The summed E-state index contributed by atoms with van der Waals surface area (Å²) in [5.41, 5.74) is 2.43. The van der Waals surface area contributed by atoms with Crippen LogP contribution in [0.25, 0.3) is 0 Å². The van der Waals surface area contributed by atoms with Crippen LogP contribution in [0.5, 0.6) is 11.5 Å². The van der Waals surface area contributed by atoms with E-state index in [0.29, 0.717) is 12.6 Å². The van der Waals surface area contributed by atoms with Crippen LogP contribution in [0.15, 0.2) is 47.4 Å². The van der Waals surface area contributed by atoms with Crippen LogP contribution >= 0.6 is 11.8 Å². The van der Waals surface area contributed by atoms with Crippen molar-refractivity contribution in [3.63, 3.8) is 0 Å². The van der Waals surface area contributed by atoms with E-state index in [2.05, 4.69) is 29.6 Å². The third kappa shape index (κ3) is 2.95. The monoisotopic (exact) mass is 301 g/mol. The van der Waals surface area contributed by atoms with Gasteiger partial charge in [0.2, 0.25) is 0 Å². The molecule has 4 heteroatoms. The van der Waals surface area contributed by atoms with Crippen molar-refractivity contribution < 1.29 is 9.47 Å². The molecule has 1 N–H and O–H groups in total. The van der Waals surface area contributed by atoms with Gasteiger partial charge in [-0.1, -0.05) is 18.2 Å². The second-order valence-electron chi connectivity index (χ2n) is 4.84. The second kappa shape index (κ2) is 6.31. The lowest BCUT2D eigenvalue weighted by molar-refractivity contribution is 0.311. The normalized spacial score (nSPS) is 16.4. The average Bonchev–Trinajstić information content (AvgIpc) is 2.91. The molecule has 0 spiro atoms. The number of hydrogen-bond acceptors (Lipinski definition) is 4. The predicted octanol–water partition coefficient (Wildman–Crippen LogP) is 4.35. The van der Waals surface area contributed by atoms with E-state index in [1.165, 1.54) is 10.5 Å². The molecule has 1 atom stereocenters. The summed E-state index contributed by atoms with van der Waals surface area (Å²) in [6, 6.07) is 14.9. The van der Waals surface area contributed by atoms with E-state index in [-0.39, 0.29) is 0 Å². The van der Waals surface area contributed by atoms with E-state index < -0.39 is 0 Å². The first-order chi connectivity index (χ1) is 10.3. The van der Waals surface area contributed by atoms with Crippen LogP contribution in [0.3, 0.4) is 0 Å². The summed E-state index contributed by atoms with van der Waals surface area (Å²) in [6.45, 7) is 2.60. The molecule has 1 unspecified atom stereocenters. The largest absolute Gasteiger partial charge is 0.493 e. The van der Waals surface area contributed by atoms with Crippen molar-refractivity contribution in [2.45, 2.75) is 17.9 Å². The lowest BCUT2D eigenvalue weighted by atomic mass is 10.1. The van der Waals surface area contributed by atoms with Gasteiger partial charge in [0.15, 0.2) is 11.5 Å². The fourth-order valence-corrected chi connectivity index (χ4v) is 3.68. The number of nitrogens with one attached hydrogen (secondary N) is 1. The van der Waals surface area contributed by atoms with Crippen molar-refractivity contribution in [1.29, 1.82) is 0 Å². The molecule has 3 rings (SSSR count). The molecular formula is C17H19NO2S. The summed E-state index contributed by atoms with van der Waals surface area (Å²) in [7, 11) is 1.66. The summed E-state index contributed by atoms with van der Waals surface area (Å²) in [5.74, 6) is 2.60. The van der Waals surface area contributed by atoms with Gasteiger partial charge < -0.3 is 14.8 Å². The summed E-state index contributed by atoms with van der Waals surface area (Å²) in [6.07, 6.45) is 0. The number of benzene rings is 2. The van der Waals surface area contributed by atoms with Gasteiger partial charge in [-0.05, 0) is 30.7 Å². The first-order valence-corrected chi connectivity index (χ1v) is 8.09. The van der Waals surface area contributed by atoms with Crippen molar-refractivity contribution in [2.75, 3.05) is 24.8 Å². The van der Waals surface area contributed by atoms with Gasteiger partial charge in [0.05, 0.1) is 19.8 Å². The molecule has 0 aliphatic carbocycles. The van der Waals surface area contributed by atoms with E-state index in [0.717, 1.165) is 22.9 Å². The molecule has 2 aromatic carbocycles. The number of thioether (sulfide) groups is 1. The van der Waals surface area contributed by atoms with Gasteiger partial charge in [0.25, 0.3) is 0 Å². The number of hydrogen-bond donors (Lipinski definition) is 1. The molecule has 0 fully saturated rings. The van der Waals surface area contributed by atoms with Gasteiger partial charge in [-0.2, -0.15) is 0 Å². The lowest BCUT2D eigenvalue weighted by Crippen LogP contribution is -2.10. The molecule has 0 saturated heterocycles. The van der Waals surface area contributed by atoms with Crippen molar-refractivity contribution in [2.24, 2.45) is 0 Å². The van der Waals surface area contributed by atoms with E-state index >= 15 is 0 Å². The topological polar surface area (TPSA) is 30.5 Å². The number of methoxy groups -OCH3 is 1. The molecule has 3 nitrogen and oxygen atoms in total. The quantitative estimate of drug-likeness (QED) is 0.889. The van der Waals surface area contributed by atoms with Crippen LogP contribution in [0.4, 0.5) is 5.69 Å². The minimum atomic E-state index is 0.342. The fraction of sp³-hybridized carbons (Fsp3) is 0.294. The van der Waals surface area contributed by atoms with Gasteiger partial charge in [-0.15, -0.1) is 11.8 Å². The van der Waals surface area contributed by atoms with E-state index in [1.54, 1.807) is 7.11 Å². The van der Waals surface area contributed by atoms with Crippen LogP contribution in [0.2, 0.25) is 0 Å². The molecule has 0 amide bonds. The molecular weight excluding hydrogens is 282 g/mol. The van der Waals surface area contributed by atoms with Gasteiger partial charge in [-0.25, -0.2) is 0 Å². The summed E-state index contributed by atoms with van der Waals surface area (Å²) >= 11 is 1.90. The highest BCUT2D eigenvalue weighted by atomic mass is 32.2. The summed E-state index contributed by atoms with van der Waals surface area (Å²) < 4.78 is 11.0. The Kier molecular flexibility index (Phi) is 4.25. The molecule has 1 aliphatic rings. The third-order valence-electron chi connectivity index (χ3n) is 3.50. The Morgan fingerprint density at radius 1 is 1.19 bits per heavy atom. The fourth-order valence-electron chi connectivity index (χ4n) is 2.52. The first kappa shape index (κ1) is 14.1. The van der Waals surface area contributed by atoms with Crippen molar-refractivity contribution in [3.05, 3.63) is 48.0 Å². The van der Waals surface area contributed by atoms with Crippen LogP contribution in [0.1, 0.15) is 18.5 Å². The van der Waals surface area contributed by atoms with Crippen molar-refractivity contribution >= 4 is 17.4 Å². The molecule has 0 bridgehead atoms. The van der Waals surface area contributed by atoms with Crippen molar-refractivity contribution in [1.82, 2.24) is 0 Å². The Labute approximate surface area is 129 Å². The first-order valence-electron chi connectivity index (χ1n) is 7.11. The summed E-state index contributed by atoms with van der Waals surface area (Å²) in [4.78, 5) is 1.37. The minimum Gasteiger partial charge on any atom is -0.493 e. The van der Waals surface area contributed by atoms with Gasteiger partial charge in [0, 0.05) is 22.4 Å². The Balaban J connectivity index is 1.81. The Hall–Kier alpha value is -1.81. The highest BCUT2D eigenvalue weighted by molar-refractivity contribution is 7.99. The maximum absolute atomic E-state index is 5.63. The minimum absolute atomic E-state index is 0.342. The maximum Gasteiger partial charge on any atom is 0.163 e. The van der Waals surface area contributed by atoms with Crippen LogP contribution in [0, 0.1) is 0 Å². The zero-order valence-corrected chi connectivity index (χ0v) is 13.1. The smallest absolute Gasteiger partial charge is 0.163 e. The van der Waals surface area contributed by atoms with E-state index in [9.17, 15) is 0 Å². The Bertz CT molecular complexity index is 630. The van der Waals surface area contributed by atoms with Crippen LogP contribution < -0.4 is 14.8 Å². The highest BCUT2D eigenvalue weighted by Crippen LogP contribution is 2.40. The molecule has 110 valence electrons. The van der Waals surface area contributed by atoms with Crippen molar-refractivity contribution in [3.8, 4) is 11.5 Å². The molecule has 1 heterocycles. The lowest BCUT2D eigenvalue weighted by Gasteiger charge is -2.17. The molecule has 2 aromatic rings. The zero-order chi connectivity index (χ0) is 14.7. The van der Waals surface area contributed by atoms with Gasteiger partial charge in [0.1, 0.15) is 0 Å². The highest BCUT2D eigenvalue weighted by Gasteiger charge is 2.22. The van der Waals surface area contributed by atoms with E-state index in [4.69, 9.17) is 9.47 Å². The van der Waals surface area contributed by atoms with Gasteiger partial charge in [-0.3, -0.25) is 0 Å². The maximum atomic E-state index is 5.63. The predicted molar refractivity (Wildman–Crippen MR) is 87.7 cm³/mol. The molecule has 1 aliphatic heterocycles. The Morgan fingerprint density at radius 3 is 2.86 bits per heavy atom. The second-order valence-corrected chi connectivity index (χ2v) is 5.91. The summed E-state index contributed by atoms with van der Waals surface area (Å²) in [5, 5.41) is 3.59. The van der Waals surface area contributed by atoms with Crippen LogP contribution in [-0.4, -0.2) is 19.5 Å². The van der Waals surface area contributed by atoms with E-state index in [1.807, 2.05) is 36.9 Å². The zero-order valence-electron chi connectivity index (χ0n) is 12.3. The number of ether oxygens (including phenoxy) is 2. The van der Waals surface area contributed by atoms with Gasteiger partial charge >= 0.3 is 0 Å². The molecule has 0 saturated carbocycles. The molecule has 0 aromatic heterocycles. The average molecular weight is 301 g/mol. The van der Waals surface area contributed by atoms with Crippen LogP contribution in [-0.2, 0) is 0 Å².